The van der Waals surface area contributed by atoms with Crippen LogP contribution in [0.1, 0.15) is 16.8 Å². The van der Waals surface area contributed by atoms with Crippen LogP contribution in [0.2, 0.25) is 0 Å². The molecule has 0 saturated heterocycles. The second-order valence-corrected chi connectivity index (χ2v) is 5.91. The van der Waals surface area contributed by atoms with Crippen LogP contribution in [0.5, 0.6) is 11.5 Å². The molecule has 0 atom stereocenters. The molecule has 0 fully saturated rings. The molecule has 2 aromatic carbocycles. The lowest BCUT2D eigenvalue weighted by Crippen LogP contribution is -2.25. The minimum atomic E-state index is -0.0225. The highest BCUT2D eigenvalue weighted by molar-refractivity contribution is 5.90. The number of benzene rings is 2. The van der Waals surface area contributed by atoms with Crippen LogP contribution in [0.4, 0.5) is 0 Å². The molecule has 2 N–H and O–H groups in total. The van der Waals surface area contributed by atoms with E-state index in [4.69, 9.17) is 9.47 Å². The van der Waals surface area contributed by atoms with Crippen molar-refractivity contribution in [2.75, 3.05) is 14.2 Å². The lowest BCUT2D eigenvalue weighted by Gasteiger charge is -2.11. The maximum atomic E-state index is 12.4. The smallest absolute Gasteiger partial charge is 0.224 e. The van der Waals surface area contributed by atoms with Crippen LogP contribution in [0.25, 0.3) is 10.9 Å². The van der Waals surface area contributed by atoms with E-state index < -0.39 is 0 Å². The maximum Gasteiger partial charge on any atom is 0.224 e. The Morgan fingerprint density at radius 1 is 1.12 bits per heavy atom. The number of hydrogen-bond acceptors (Lipinski definition) is 3. The predicted molar refractivity (Wildman–Crippen MR) is 98.1 cm³/mol. The Morgan fingerprint density at radius 2 is 1.92 bits per heavy atom. The lowest BCUT2D eigenvalue weighted by molar-refractivity contribution is -0.120. The number of para-hydroxylation sites is 1. The minimum absolute atomic E-state index is 0.0225. The fourth-order valence-electron chi connectivity index (χ4n) is 2.98. The summed E-state index contributed by atoms with van der Waals surface area (Å²) in [5.74, 6) is 1.40. The van der Waals surface area contributed by atoms with Crippen LogP contribution < -0.4 is 14.8 Å². The van der Waals surface area contributed by atoms with Crippen molar-refractivity contribution in [2.24, 2.45) is 0 Å². The molecule has 0 aliphatic rings. The molecule has 0 spiro atoms. The van der Waals surface area contributed by atoms with Gasteiger partial charge in [0.1, 0.15) is 11.5 Å². The number of rotatable bonds is 6. The Kier molecular flexibility index (Phi) is 4.93. The zero-order valence-electron chi connectivity index (χ0n) is 14.7. The highest BCUT2D eigenvalue weighted by atomic mass is 16.5. The summed E-state index contributed by atoms with van der Waals surface area (Å²) in [7, 11) is 3.22. The van der Waals surface area contributed by atoms with E-state index in [0.717, 1.165) is 33.5 Å². The standard InChI is InChI=1S/C20H22N2O3/c1-13-17(16-6-4-5-7-18(16)22-13)11-20(23)21-12-14-8-9-15(24-2)10-19(14)25-3/h4-10,22H,11-12H2,1-3H3,(H,21,23). The van der Waals surface area contributed by atoms with E-state index in [1.807, 2.05) is 49.4 Å². The Hall–Kier alpha value is -2.95. The van der Waals surface area contributed by atoms with Crippen molar-refractivity contribution < 1.29 is 14.3 Å². The Balaban J connectivity index is 1.70. The largest absolute Gasteiger partial charge is 0.497 e. The zero-order chi connectivity index (χ0) is 17.8. The highest BCUT2D eigenvalue weighted by Gasteiger charge is 2.13. The number of ether oxygens (including phenoxy) is 2. The molecule has 25 heavy (non-hydrogen) atoms. The molecule has 0 saturated carbocycles. The third-order valence-corrected chi connectivity index (χ3v) is 4.33. The third kappa shape index (κ3) is 3.60. The second kappa shape index (κ2) is 7.30. The van der Waals surface area contributed by atoms with Crippen molar-refractivity contribution in [1.29, 1.82) is 0 Å². The second-order valence-electron chi connectivity index (χ2n) is 5.91. The molecule has 5 heteroatoms. The number of aromatic amines is 1. The predicted octanol–water partition coefficient (Wildman–Crippen LogP) is 3.35. The summed E-state index contributed by atoms with van der Waals surface area (Å²) in [6.45, 7) is 2.41. The van der Waals surface area contributed by atoms with Crippen molar-refractivity contribution in [1.82, 2.24) is 10.3 Å². The molecule has 3 aromatic rings. The van der Waals surface area contributed by atoms with E-state index in [9.17, 15) is 4.79 Å². The first-order chi connectivity index (χ1) is 12.1. The molecular weight excluding hydrogens is 316 g/mol. The molecule has 0 bridgehead atoms. The van der Waals surface area contributed by atoms with Crippen molar-refractivity contribution in [2.45, 2.75) is 19.9 Å². The Labute approximate surface area is 147 Å². The summed E-state index contributed by atoms with van der Waals surface area (Å²) >= 11 is 0. The van der Waals surface area contributed by atoms with Gasteiger partial charge in [-0.25, -0.2) is 0 Å². The summed E-state index contributed by atoms with van der Waals surface area (Å²) in [6, 6.07) is 13.6. The van der Waals surface area contributed by atoms with Gasteiger partial charge in [0.2, 0.25) is 5.91 Å². The average molecular weight is 338 g/mol. The first-order valence-corrected chi connectivity index (χ1v) is 8.16. The van der Waals surface area contributed by atoms with Crippen LogP contribution in [-0.2, 0) is 17.8 Å². The fourth-order valence-corrected chi connectivity index (χ4v) is 2.98. The SMILES string of the molecule is COc1ccc(CNC(=O)Cc2c(C)[nH]c3ccccc23)c(OC)c1. The van der Waals surface area contributed by atoms with E-state index in [2.05, 4.69) is 10.3 Å². The number of nitrogens with one attached hydrogen (secondary N) is 2. The molecule has 1 heterocycles. The van der Waals surface area contributed by atoms with Gasteiger partial charge in [0, 0.05) is 34.8 Å². The Morgan fingerprint density at radius 3 is 2.68 bits per heavy atom. The van der Waals surface area contributed by atoms with E-state index in [1.54, 1.807) is 14.2 Å². The molecule has 5 nitrogen and oxygen atoms in total. The van der Waals surface area contributed by atoms with Gasteiger partial charge < -0.3 is 19.8 Å². The molecule has 0 aliphatic carbocycles. The zero-order valence-corrected chi connectivity index (χ0v) is 14.7. The van der Waals surface area contributed by atoms with Gasteiger partial charge in [-0.05, 0) is 30.7 Å². The van der Waals surface area contributed by atoms with Gasteiger partial charge in [-0.15, -0.1) is 0 Å². The first kappa shape index (κ1) is 16.9. The summed E-state index contributed by atoms with van der Waals surface area (Å²) in [5, 5.41) is 4.06. The summed E-state index contributed by atoms with van der Waals surface area (Å²) < 4.78 is 10.6. The van der Waals surface area contributed by atoms with Crippen molar-refractivity contribution in [3.05, 3.63) is 59.3 Å². The molecule has 1 aromatic heterocycles. The first-order valence-electron chi connectivity index (χ1n) is 8.16. The van der Waals surface area contributed by atoms with Gasteiger partial charge in [0.25, 0.3) is 0 Å². The van der Waals surface area contributed by atoms with Gasteiger partial charge in [-0.3, -0.25) is 4.79 Å². The summed E-state index contributed by atoms with van der Waals surface area (Å²) in [4.78, 5) is 15.7. The van der Waals surface area contributed by atoms with Gasteiger partial charge in [0.05, 0.1) is 20.6 Å². The van der Waals surface area contributed by atoms with E-state index >= 15 is 0 Å². The van der Waals surface area contributed by atoms with Crippen LogP contribution in [0.3, 0.4) is 0 Å². The summed E-state index contributed by atoms with van der Waals surface area (Å²) in [5.41, 5.74) is 4.03. The molecular formula is C20H22N2O3. The third-order valence-electron chi connectivity index (χ3n) is 4.33. The molecule has 1 amide bonds. The molecule has 0 aliphatic heterocycles. The topological polar surface area (TPSA) is 63.3 Å². The van der Waals surface area contributed by atoms with E-state index in [-0.39, 0.29) is 5.91 Å². The number of H-pyrrole nitrogens is 1. The number of aryl methyl sites for hydroxylation is 1. The van der Waals surface area contributed by atoms with Crippen LogP contribution in [0.15, 0.2) is 42.5 Å². The molecule has 130 valence electrons. The molecule has 0 radical (unpaired) electrons. The van der Waals surface area contributed by atoms with E-state index in [0.29, 0.717) is 18.7 Å². The quantitative estimate of drug-likeness (QED) is 0.724. The normalized spacial score (nSPS) is 10.7. The number of amides is 1. The van der Waals surface area contributed by atoms with Crippen LogP contribution in [-0.4, -0.2) is 25.1 Å². The maximum absolute atomic E-state index is 12.4. The Bertz CT molecular complexity index is 899. The van der Waals surface area contributed by atoms with Gasteiger partial charge in [-0.1, -0.05) is 18.2 Å². The molecule has 3 rings (SSSR count). The van der Waals surface area contributed by atoms with Gasteiger partial charge >= 0.3 is 0 Å². The van der Waals surface area contributed by atoms with Gasteiger partial charge in [-0.2, -0.15) is 0 Å². The van der Waals surface area contributed by atoms with Crippen molar-refractivity contribution in [3.8, 4) is 11.5 Å². The highest BCUT2D eigenvalue weighted by Crippen LogP contribution is 2.25. The fraction of sp³-hybridized carbons (Fsp3) is 0.250. The number of hydrogen-bond donors (Lipinski definition) is 2. The number of fused-ring (bicyclic) bond motifs is 1. The van der Waals surface area contributed by atoms with Crippen molar-refractivity contribution in [3.63, 3.8) is 0 Å². The number of carbonyl (C=O) groups is 1. The monoisotopic (exact) mass is 338 g/mol. The average Bonchev–Trinajstić information content (AvgIpc) is 2.95. The molecule has 0 unspecified atom stereocenters. The summed E-state index contributed by atoms with van der Waals surface area (Å²) in [6.07, 6.45) is 0.342. The number of methoxy groups -OCH3 is 2. The minimum Gasteiger partial charge on any atom is -0.497 e. The lowest BCUT2D eigenvalue weighted by atomic mass is 10.1. The number of aromatic nitrogens is 1. The van der Waals surface area contributed by atoms with Crippen LogP contribution >= 0.6 is 0 Å². The van der Waals surface area contributed by atoms with Crippen LogP contribution in [0, 0.1) is 6.92 Å². The number of carbonyl (C=O) groups excluding carboxylic acids is 1. The van der Waals surface area contributed by atoms with E-state index in [1.165, 1.54) is 0 Å². The van der Waals surface area contributed by atoms with Gasteiger partial charge in [0.15, 0.2) is 0 Å². The van der Waals surface area contributed by atoms with Crippen molar-refractivity contribution >= 4 is 16.8 Å².